The van der Waals surface area contributed by atoms with E-state index >= 15 is 0 Å². The van der Waals surface area contributed by atoms with Gasteiger partial charge in [-0.15, -0.1) is 5.10 Å². The highest BCUT2D eigenvalue weighted by Crippen LogP contribution is 2.03. The minimum Gasteiger partial charge on any atom is -0.325 e. The van der Waals surface area contributed by atoms with Crippen molar-refractivity contribution in [3.05, 3.63) is 30.9 Å². The molecule has 82 valence electrons. The fraction of sp³-hybridized carbons (Fsp3) is 0.222. The molecular formula is C9H10N6O. The number of pyridine rings is 1. The van der Waals surface area contributed by atoms with Crippen LogP contribution in [-0.4, -0.2) is 31.1 Å². The molecule has 7 heteroatoms. The summed E-state index contributed by atoms with van der Waals surface area (Å²) < 4.78 is 1.50. The van der Waals surface area contributed by atoms with Gasteiger partial charge in [0.15, 0.2) is 0 Å². The fourth-order valence-corrected chi connectivity index (χ4v) is 1.16. The predicted molar refractivity (Wildman–Crippen MR) is 55.3 cm³/mol. The number of nitrogens with one attached hydrogen (secondary N) is 1. The van der Waals surface area contributed by atoms with E-state index in [-0.39, 0.29) is 5.91 Å². The number of hydrogen-bond acceptors (Lipinski definition) is 5. The molecular weight excluding hydrogens is 208 g/mol. The number of aryl methyl sites for hydroxylation is 1. The average molecular weight is 218 g/mol. The lowest BCUT2D eigenvalue weighted by Gasteiger charge is -2.03. The smallest absolute Gasteiger partial charge is 0.226 e. The summed E-state index contributed by atoms with van der Waals surface area (Å²) in [5.74, 6) is -0.0940. The maximum absolute atomic E-state index is 11.5. The van der Waals surface area contributed by atoms with Gasteiger partial charge in [0.2, 0.25) is 5.91 Å². The van der Waals surface area contributed by atoms with E-state index in [1.54, 1.807) is 24.5 Å². The molecule has 1 N–H and O–H groups in total. The second-order valence-corrected chi connectivity index (χ2v) is 3.11. The summed E-state index contributed by atoms with van der Waals surface area (Å²) in [6, 6.07) is 3.54. The highest BCUT2D eigenvalue weighted by molar-refractivity contribution is 5.90. The largest absolute Gasteiger partial charge is 0.325 e. The molecule has 0 unspecified atom stereocenters. The van der Waals surface area contributed by atoms with Gasteiger partial charge in [0.25, 0.3) is 0 Å². The first-order valence-corrected chi connectivity index (χ1v) is 4.75. The Morgan fingerprint density at radius 3 is 3.12 bits per heavy atom. The molecule has 0 saturated heterocycles. The van der Waals surface area contributed by atoms with Crippen LogP contribution in [0.15, 0.2) is 30.9 Å². The van der Waals surface area contributed by atoms with Gasteiger partial charge in [-0.3, -0.25) is 9.78 Å². The molecule has 16 heavy (non-hydrogen) atoms. The van der Waals surface area contributed by atoms with Gasteiger partial charge in [-0.25, -0.2) is 4.68 Å². The van der Waals surface area contributed by atoms with E-state index in [2.05, 4.69) is 25.8 Å². The van der Waals surface area contributed by atoms with Crippen LogP contribution in [-0.2, 0) is 11.3 Å². The zero-order valence-corrected chi connectivity index (χ0v) is 8.45. The van der Waals surface area contributed by atoms with Crippen LogP contribution in [0.1, 0.15) is 6.42 Å². The minimum atomic E-state index is -0.0940. The summed E-state index contributed by atoms with van der Waals surface area (Å²) in [6.07, 6.45) is 5.03. The number of amides is 1. The van der Waals surface area contributed by atoms with Crippen LogP contribution >= 0.6 is 0 Å². The number of hydrogen-bond donors (Lipinski definition) is 1. The van der Waals surface area contributed by atoms with Crippen molar-refractivity contribution in [3.8, 4) is 0 Å². The number of carbonyl (C=O) groups is 1. The maximum Gasteiger partial charge on any atom is 0.226 e. The van der Waals surface area contributed by atoms with E-state index in [9.17, 15) is 4.79 Å². The molecule has 0 aromatic carbocycles. The lowest BCUT2D eigenvalue weighted by atomic mass is 10.3. The normalized spacial score (nSPS) is 10.0. The van der Waals surface area contributed by atoms with Crippen molar-refractivity contribution >= 4 is 11.6 Å². The second-order valence-electron chi connectivity index (χ2n) is 3.11. The first-order chi connectivity index (χ1) is 7.84. The Morgan fingerprint density at radius 2 is 2.44 bits per heavy atom. The van der Waals surface area contributed by atoms with Crippen LogP contribution in [0.2, 0.25) is 0 Å². The molecule has 0 fully saturated rings. The number of rotatable bonds is 4. The quantitative estimate of drug-likeness (QED) is 0.786. The van der Waals surface area contributed by atoms with Crippen molar-refractivity contribution in [2.75, 3.05) is 5.32 Å². The summed E-state index contributed by atoms with van der Waals surface area (Å²) in [4.78, 5) is 15.4. The zero-order chi connectivity index (χ0) is 11.2. The standard InChI is InChI=1S/C9H10N6O/c16-9(3-5-15-7-11-13-14-15)12-8-2-1-4-10-6-8/h1-2,4,6-7H,3,5H2,(H,12,16). The summed E-state index contributed by atoms with van der Waals surface area (Å²) in [5, 5.41) is 13.3. The highest BCUT2D eigenvalue weighted by Gasteiger charge is 2.03. The molecule has 0 radical (unpaired) electrons. The van der Waals surface area contributed by atoms with Gasteiger partial charge in [-0.1, -0.05) is 0 Å². The van der Waals surface area contributed by atoms with Gasteiger partial charge in [0.05, 0.1) is 18.4 Å². The zero-order valence-electron chi connectivity index (χ0n) is 8.45. The Labute approximate surface area is 91.5 Å². The number of anilines is 1. The fourth-order valence-electron chi connectivity index (χ4n) is 1.16. The van der Waals surface area contributed by atoms with E-state index in [1.807, 2.05) is 0 Å². The topological polar surface area (TPSA) is 85.6 Å². The molecule has 0 aliphatic carbocycles. The van der Waals surface area contributed by atoms with Crippen molar-refractivity contribution in [2.45, 2.75) is 13.0 Å². The van der Waals surface area contributed by atoms with Crippen LogP contribution < -0.4 is 5.32 Å². The van der Waals surface area contributed by atoms with Crippen molar-refractivity contribution in [1.29, 1.82) is 0 Å². The van der Waals surface area contributed by atoms with E-state index in [0.717, 1.165) is 0 Å². The summed E-state index contributed by atoms with van der Waals surface area (Å²) >= 11 is 0. The van der Waals surface area contributed by atoms with E-state index < -0.39 is 0 Å². The first-order valence-electron chi connectivity index (χ1n) is 4.75. The third-order valence-electron chi connectivity index (χ3n) is 1.90. The van der Waals surface area contributed by atoms with Gasteiger partial charge in [0, 0.05) is 12.6 Å². The molecule has 2 aromatic heterocycles. The molecule has 0 aliphatic heterocycles. The number of tetrazole rings is 1. The van der Waals surface area contributed by atoms with Gasteiger partial charge in [-0.2, -0.15) is 0 Å². The van der Waals surface area contributed by atoms with Crippen LogP contribution in [0.4, 0.5) is 5.69 Å². The van der Waals surface area contributed by atoms with Crippen LogP contribution in [0.5, 0.6) is 0 Å². The first kappa shape index (κ1) is 10.2. The number of nitrogens with zero attached hydrogens (tertiary/aromatic N) is 5. The summed E-state index contributed by atoms with van der Waals surface area (Å²) in [5.41, 5.74) is 0.684. The molecule has 2 aromatic rings. The van der Waals surface area contributed by atoms with Crippen LogP contribution in [0.25, 0.3) is 0 Å². The number of aromatic nitrogens is 5. The number of carbonyl (C=O) groups excluding carboxylic acids is 1. The molecule has 0 spiro atoms. The molecule has 7 nitrogen and oxygen atoms in total. The highest BCUT2D eigenvalue weighted by atomic mass is 16.1. The summed E-state index contributed by atoms with van der Waals surface area (Å²) in [6.45, 7) is 0.457. The Balaban J connectivity index is 1.81. The minimum absolute atomic E-state index is 0.0940. The summed E-state index contributed by atoms with van der Waals surface area (Å²) in [7, 11) is 0. The van der Waals surface area contributed by atoms with Crippen molar-refractivity contribution in [2.24, 2.45) is 0 Å². The van der Waals surface area contributed by atoms with E-state index in [1.165, 1.54) is 11.0 Å². The monoisotopic (exact) mass is 218 g/mol. The van der Waals surface area contributed by atoms with Crippen LogP contribution in [0, 0.1) is 0 Å². The maximum atomic E-state index is 11.5. The molecule has 2 heterocycles. The Kier molecular flexibility index (Phi) is 3.17. The molecule has 0 atom stereocenters. The van der Waals surface area contributed by atoms with E-state index in [4.69, 9.17) is 0 Å². The van der Waals surface area contributed by atoms with Gasteiger partial charge in [0.1, 0.15) is 6.33 Å². The Bertz CT molecular complexity index is 440. The van der Waals surface area contributed by atoms with Crippen molar-refractivity contribution in [1.82, 2.24) is 25.2 Å². The SMILES string of the molecule is O=C(CCn1cnnn1)Nc1cccnc1. The lowest BCUT2D eigenvalue weighted by molar-refractivity contribution is -0.116. The second kappa shape index (κ2) is 4.96. The predicted octanol–water partition coefficient (Wildman–Crippen LogP) is 0.0969. The van der Waals surface area contributed by atoms with Gasteiger partial charge in [-0.05, 0) is 22.6 Å². The Hall–Kier alpha value is -2.31. The Morgan fingerprint density at radius 1 is 1.50 bits per heavy atom. The molecule has 2 rings (SSSR count). The molecule has 0 aliphatic rings. The van der Waals surface area contributed by atoms with Crippen molar-refractivity contribution in [3.63, 3.8) is 0 Å². The molecule has 1 amide bonds. The lowest BCUT2D eigenvalue weighted by Crippen LogP contribution is -2.14. The van der Waals surface area contributed by atoms with Crippen molar-refractivity contribution < 1.29 is 4.79 Å². The van der Waals surface area contributed by atoms with Gasteiger partial charge >= 0.3 is 0 Å². The third kappa shape index (κ3) is 2.84. The van der Waals surface area contributed by atoms with Gasteiger partial charge < -0.3 is 5.32 Å². The molecule has 0 bridgehead atoms. The third-order valence-corrected chi connectivity index (χ3v) is 1.90. The van der Waals surface area contributed by atoms with E-state index in [0.29, 0.717) is 18.7 Å². The average Bonchev–Trinajstić information content (AvgIpc) is 2.81. The molecule has 0 saturated carbocycles. The van der Waals surface area contributed by atoms with Crippen LogP contribution in [0.3, 0.4) is 0 Å².